The Balaban J connectivity index is 2.01. The fraction of sp³-hybridized carbons (Fsp3) is 0.308. The van der Waals surface area contributed by atoms with E-state index in [1.165, 1.54) is 11.1 Å². The van der Waals surface area contributed by atoms with E-state index in [1.54, 1.807) is 24.2 Å². The van der Waals surface area contributed by atoms with Crippen molar-refractivity contribution in [1.82, 2.24) is 10.3 Å². The Kier molecular flexibility index (Phi) is 4.23. The number of aryl methyl sites for hydroxylation is 1. The van der Waals surface area contributed by atoms with Gasteiger partial charge in [0.1, 0.15) is 6.26 Å². The summed E-state index contributed by atoms with van der Waals surface area (Å²) < 4.78 is 5.21. The second-order valence-corrected chi connectivity index (χ2v) is 4.84. The highest BCUT2D eigenvalue weighted by molar-refractivity contribution is 7.99. The SMILES string of the molecule is CNC(CSc1ncco1)c1cccc(C)c1. The van der Waals surface area contributed by atoms with Crippen LogP contribution in [0.1, 0.15) is 17.2 Å². The van der Waals surface area contributed by atoms with Gasteiger partial charge in [-0.15, -0.1) is 0 Å². The summed E-state index contributed by atoms with van der Waals surface area (Å²) in [5.74, 6) is 0.903. The third-order valence-corrected chi connectivity index (χ3v) is 3.52. The molecule has 4 heteroatoms. The smallest absolute Gasteiger partial charge is 0.255 e. The molecule has 3 nitrogen and oxygen atoms in total. The second-order valence-electron chi connectivity index (χ2n) is 3.86. The van der Waals surface area contributed by atoms with E-state index in [-0.39, 0.29) is 0 Å². The van der Waals surface area contributed by atoms with Crippen LogP contribution in [0.5, 0.6) is 0 Å². The van der Waals surface area contributed by atoms with Crippen molar-refractivity contribution in [2.45, 2.75) is 18.2 Å². The van der Waals surface area contributed by atoms with E-state index in [0.29, 0.717) is 6.04 Å². The van der Waals surface area contributed by atoms with Crippen molar-refractivity contribution in [3.8, 4) is 0 Å². The van der Waals surface area contributed by atoms with Crippen LogP contribution in [0.25, 0.3) is 0 Å². The normalized spacial score (nSPS) is 12.6. The minimum absolute atomic E-state index is 0.312. The Labute approximate surface area is 106 Å². The molecule has 17 heavy (non-hydrogen) atoms. The highest BCUT2D eigenvalue weighted by atomic mass is 32.2. The van der Waals surface area contributed by atoms with Gasteiger partial charge >= 0.3 is 0 Å². The van der Waals surface area contributed by atoms with E-state index >= 15 is 0 Å². The van der Waals surface area contributed by atoms with Crippen LogP contribution in [-0.4, -0.2) is 17.8 Å². The van der Waals surface area contributed by atoms with Gasteiger partial charge in [-0.2, -0.15) is 0 Å². The standard InChI is InChI=1S/C13H16N2OS/c1-10-4-3-5-11(8-10)12(14-2)9-17-13-15-6-7-16-13/h3-8,12,14H,9H2,1-2H3. The highest BCUT2D eigenvalue weighted by Crippen LogP contribution is 2.23. The van der Waals surface area contributed by atoms with Crippen LogP contribution in [-0.2, 0) is 0 Å². The number of hydrogen-bond donors (Lipinski definition) is 1. The molecule has 90 valence electrons. The van der Waals surface area contributed by atoms with E-state index in [4.69, 9.17) is 4.42 Å². The third kappa shape index (κ3) is 3.35. The molecule has 0 fully saturated rings. The fourth-order valence-corrected chi connectivity index (χ4v) is 2.60. The van der Waals surface area contributed by atoms with Crippen molar-refractivity contribution in [1.29, 1.82) is 0 Å². The van der Waals surface area contributed by atoms with Gasteiger partial charge in [0, 0.05) is 11.8 Å². The van der Waals surface area contributed by atoms with Gasteiger partial charge in [-0.3, -0.25) is 0 Å². The Bertz CT molecular complexity index is 456. The van der Waals surface area contributed by atoms with Gasteiger partial charge in [0.2, 0.25) is 0 Å². The highest BCUT2D eigenvalue weighted by Gasteiger charge is 2.11. The summed E-state index contributed by atoms with van der Waals surface area (Å²) in [6.07, 6.45) is 3.27. The average molecular weight is 248 g/mol. The molecule has 0 saturated heterocycles. The lowest BCUT2D eigenvalue weighted by Gasteiger charge is -2.15. The number of oxazole rings is 1. The van der Waals surface area contributed by atoms with Gasteiger partial charge in [0.25, 0.3) is 5.22 Å². The molecule has 1 unspecified atom stereocenters. The number of rotatable bonds is 5. The average Bonchev–Trinajstić information content (AvgIpc) is 2.83. The molecular formula is C13H16N2OS. The third-order valence-electron chi connectivity index (χ3n) is 2.58. The summed E-state index contributed by atoms with van der Waals surface area (Å²) in [6, 6.07) is 8.86. The summed E-state index contributed by atoms with van der Waals surface area (Å²) >= 11 is 1.62. The summed E-state index contributed by atoms with van der Waals surface area (Å²) in [6.45, 7) is 2.11. The first-order valence-electron chi connectivity index (χ1n) is 5.55. The van der Waals surface area contributed by atoms with Crippen molar-refractivity contribution in [2.24, 2.45) is 0 Å². The first kappa shape index (κ1) is 12.2. The molecule has 1 N–H and O–H groups in total. The molecule has 1 aromatic heterocycles. The number of nitrogens with one attached hydrogen (secondary N) is 1. The van der Waals surface area contributed by atoms with Gasteiger partial charge in [-0.1, -0.05) is 41.6 Å². The summed E-state index contributed by atoms with van der Waals surface area (Å²) in [4.78, 5) is 4.10. The van der Waals surface area contributed by atoms with Gasteiger partial charge in [-0.05, 0) is 19.5 Å². The largest absolute Gasteiger partial charge is 0.440 e. The maximum Gasteiger partial charge on any atom is 0.255 e. The van der Waals surface area contributed by atoms with Crippen LogP contribution in [0.3, 0.4) is 0 Å². The van der Waals surface area contributed by atoms with Crippen molar-refractivity contribution < 1.29 is 4.42 Å². The Morgan fingerprint density at radius 2 is 2.35 bits per heavy atom. The van der Waals surface area contributed by atoms with E-state index < -0.39 is 0 Å². The molecule has 0 spiro atoms. The molecular weight excluding hydrogens is 232 g/mol. The first-order chi connectivity index (χ1) is 8.29. The predicted octanol–water partition coefficient (Wildman–Crippen LogP) is 3.04. The Morgan fingerprint density at radius 3 is 3.00 bits per heavy atom. The first-order valence-corrected chi connectivity index (χ1v) is 6.54. The molecule has 1 heterocycles. The van der Waals surface area contributed by atoms with E-state index in [2.05, 4.69) is 41.5 Å². The minimum Gasteiger partial charge on any atom is -0.440 e. The summed E-state index contributed by atoms with van der Waals surface area (Å²) in [5.41, 5.74) is 2.58. The maximum absolute atomic E-state index is 5.21. The molecule has 1 aromatic carbocycles. The monoisotopic (exact) mass is 248 g/mol. The molecule has 1 atom stereocenters. The zero-order chi connectivity index (χ0) is 12.1. The van der Waals surface area contributed by atoms with Crippen molar-refractivity contribution in [3.05, 3.63) is 47.9 Å². The second kappa shape index (κ2) is 5.89. The van der Waals surface area contributed by atoms with Crippen molar-refractivity contribution >= 4 is 11.8 Å². The molecule has 2 aromatic rings. The molecule has 0 amide bonds. The van der Waals surface area contributed by atoms with Crippen LogP contribution < -0.4 is 5.32 Å². The molecule has 0 aliphatic heterocycles. The van der Waals surface area contributed by atoms with Crippen LogP contribution in [0.15, 0.2) is 46.4 Å². The zero-order valence-electron chi connectivity index (χ0n) is 10.0. The molecule has 0 radical (unpaired) electrons. The zero-order valence-corrected chi connectivity index (χ0v) is 10.8. The predicted molar refractivity (Wildman–Crippen MR) is 70.2 cm³/mol. The quantitative estimate of drug-likeness (QED) is 0.825. The molecule has 0 aliphatic rings. The van der Waals surface area contributed by atoms with Gasteiger partial charge in [-0.25, -0.2) is 4.98 Å². The minimum atomic E-state index is 0.312. The van der Waals surface area contributed by atoms with Crippen LogP contribution >= 0.6 is 11.8 Å². The van der Waals surface area contributed by atoms with Crippen LogP contribution in [0.4, 0.5) is 0 Å². The fourth-order valence-electron chi connectivity index (χ4n) is 1.67. The number of benzene rings is 1. The molecule has 2 rings (SSSR count). The van der Waals surface area contributed by atoms with Crippen molar-refractivity contribution in [3.63, 3.8) is 0 Å². The number of thioether (sulfide) groups is 1. The number of nitrogens with zero attached hydrogens (tertiary/aromatic N) is 1. The summed E-state index contributed by atoms with van der Waals surface area (Å²) in [7, 11) is 1.98. The van der Waals surface area contributed by atoms with Crippen molar-refractivity contribution in [2.75, 3.05) is 12.8 Å². The van der Waals surface area contributed by atoms with E-state index in [1.807, 2.05) is 7.05 Å². The lowest BCUT2D eigenvalue weighted by molar-refractivity contribution is 0.453. The van der Waals surface area contributed by atoms with Gasteiger partial charge in [0.15, 0.2) is 0 Å². The number of aromatic nitrogens is 1. The lowest BCUT2D eigenvalue weighted by Crippen LogP contribution is -2.18. The van der Waals surface area contributed by atoms with Crippen LogP contribution in [0.2, 0.25) is 0 Å². The summed E-state index contributed by atoms with van der Waals surface area (Å²) in [5, 5.41) is 4.04. The number of hydrogen-bond acceptors (Lipinski definition) is 4. The topological polar surface area (TPSA) is 38.1 Å². The van der Waals surface area contributed by atoms with E-state index in [0.717, 1.165) is 11.0 Å². The van der Waals surface area contributed by atoms with Crippen LogP contribution in [0, 0.1) is 6.92 Å². The van der Waals surface area contributed by atoms with E-state index in [9.17, 15) is 0 Å². The molecule has 0 bridgehead atoms. The molecule has 0 saturated carbocycles. The maximum atomic E-state index is 5.21. The Hall–Kier alpha value is -1.26. The molecule has 0 aliphatic carbocycles. The van der Waals surface area contributed by atoms with Gasteiger partial charge in [0.05, 0.1) is 6.20 Å². The Morgan fingerprint density at radius 1 is 1.47 bits per heavy atom. The lowest BCUT2D eigenvalue weighted by atomic mass is 10.1. The van der Waals surface area contributed by atoms with Gasteiger partial charge < -0.3 is 9.73 Å².